The summed E-state index contributed by atoms with van der Waals surface area (Å²) in [5.74, 6) is -1.57. The topological polar surface area (TPSA) is 242 Å². The summed E-state index contributed by atoms with van der Waals surface area (Å²) in [7, 11) is -4.06. The number of nitrogens with zero attached hydrogens (tertiary/aromatic N) is 3. The Hall–Kier alpha value is -2.92. The van der Waals surface area contributed by atoms with Gasteiger partial charge in [-0.25, -0.2) is 15.2 Å². The number of aromatic amines is 1. The Bertz CT molecular complexity index is 1310. The second-order valence-electron chi connectivity index (χ2n) is 8.84. The van der Waals surface area contributed by atoms with Crippen LogP contribution in [0.4, 0.5) is 5.95 Å². The summed E-state index contributed by atoms with van der Waals surface area (Å²) in [4.78, 5) is 46.0. The molecule has 2 aromatic rings. The van der Waals surface area contributed by atoms with Gasteiger partial charge in [-0.15, -0.1) is 0 Å². The Morgan fingerprint density at radius 2 is 1.87 bits per heavy atom. The molecule has 210 valence electrons. The number of aliphatic hydroxyl groups is 2. The van der Waals surface area contributed by atoms with E-state index in [1.807, 2.05) is 0 Å². The zero-order valence-corrected chi connectivity index (χ0v) is 21.8. The van der Waals surface area contributed by atoms with E-state index in [1.165, 1.54) is 10.9 Å². The van der Waals surface area contributed by atoms with Crippen molar-refractivity contribution in [2.45, 2.75) is 50.2 Å². The number of nitrogen functional groups attached to an aromatic ring is 1. The minimum absolute atomic E-state index is 0.00738. The molecule has 17 nitrogen and oxygen atoms in total. The summed E-state index contributed by atoms with van der Waals surface area (Å²) >= 11 is 0. The Morgan fingerprint density at radius 1 is 1.26 bits per heavy atom. The van der Waals surface area contributed by atoms with Gasteiger partial charge in [-0.2, -0.15) is 4.98 Å². The molecular formula is C20H30N7O10P. The van der Waals surface area contributed by atoms with E-state index in [0.29, 0.717) is 0 Å². The summed E-state index contributed by atoms with van der Waals surface area (Å²) in [6, 6.07) is -0.879. The number of hydrogen-bond donors (Lipinski definition) is 6. The zero-order chi connectivity index (χ0) is 27.9. The van der Waals surface area contributed by atoms with Crippen molar-refractivity contribution in [1.82, 2.24) is 29.7 Å². The molecule has 0 amide bonds. The number of rotatable bonds is 12. The SMILES string of the molecule is CCOC(=O)CNP(=O)(NCC(=O)OCC)OCC1OC2(C)C(n3cnc4c(=O)[nH]c(N)nc43)C2(O)C1O. The highest BCUT2D eigenvalue weighted by Gasteiger charge is 2.85. The number of carbonyl (C=O) groups is 2. The number of anilines is 1. The standard InChI is InChI=1S/C20H30N7O10P/c1-4-34-11(28)6-23-38(33,24-7-12(29)35-5-2)36-8-10-14(30)20(32)17(19(20,3)37-10)27-9-22-13-15(27)25-18(21)26-16(13)31/h9-10,14,17,30,32H,4-8H2,1-3H3,(H2,23,24,33)(H3,21,25,26,31). The van der Waals surface area contributed by atoms with Gasteiger partial charge >= 0.3 is 19.6 Å². The van der Waals surface area contributed by atoms with Crippen molar-refractivity contribution in [3.63, 3.8) is 0 Å². The minimum Gasteiger partial charge on any atom is -0.465 e. The number of nitrogens with two attached hydrogens (primary N) is 1. The number of aliphatic hydroxyl groups excluding tert-OH is 1. The number of fused-ring (bicyclic) bond motifs is 2. The van der Waals surface area contributed by atoms with Crippen LogP contribution in [0.15, 0.2) is 11.1 Å². The molecule has 38 heavy (non-hydrogen) atoms. The molecule has 2 fully saturated rings. The quantitative estimate of drug-likeness (QED) is 0.121. The highest BCUT2D eigenvalue weighted by atomic mass is 31.2. The van der Waals surface area contributed by atoms with Crippen LogP contribution in [0.1, 0.15) is 26.8 Å². The van der Waals surface area contributed by atoms with E-state index < -0.39 is 74.3 Å². The monoisotopic (exact) mass is 559 g/mol. The zero-order valence-electron chi connectivity index (χ0n) is 20.9. The maximum atomic E-state index is 13.3. The van der Waals surface area contributed by atoms with Crippen molar-refractivity contribution in [2.24, 2.45) is 0 Å². The van der Waals surface area contributed by atoms with Crippen LogP contribution < -0.4 is 21.5 Å². The van der Waals surface area contributed by atoms with E-state index >= 15 is 0 Å². The third-order valence-corrected chi connectivity index (χ3v) is 8.13. The van der Waals surface area contributed by atoms with Gasteiger partial charge in [0.15, 0.2) is 11.2 Å². The van der Waals surface area contributed by atoms with Gasteiger partial charge in [0.1, 0.15) is 42.5 Å². The average Bonchev–Trinajstić information content (AvgIpc) is 3.09. The third kappa shape index (κ3) is 4.82. The molecule has 1 saturated heterocycles. The number of esters is 2. The molecule has 1 aliphatic carbocycles. The molecule has 18 heteroatoms. The number of H-pyrrole nitrogens is 1. The largest absolute Gasteiger partial charge is 0.465 e. The van der Waals surface area contributed by atoms with Crippen molar-refractivity contribution >= 4 is 36.7 Å². The second kappa shape index (κ2) is 10.3. The molecule has 7 N–H and O–H groups in total. The van der Waals surface area contributed by atoms with Gasteiger partial charge in [-0.1, -0.05) is 0 Å². The lowest BCUT2D eigenvalue weighted by atomic mass is 10.1. The molecule has 0 spiro atoms. The fourth-order valence-corrected chi connectivity index (χ4v) is 6.00. The van der Waals surface area contributed by atoms with Gasteiger partial charge in [0.05, 0.1) is 26.1 Å². The average molecular weight is 559 g/mol. The van der Waals surface area contributed by atoms with E-state index in [9.17, 15) is 29.2 Å². The van der Waals surface area contributed by atoms with Crippen LogP contribution in [0.2, 0.25) is 0 Å². The first-order valence-electron chi connectivity index (χ1n) is 11.8. The number of ether oxygens (including phenoxy) is 3. The van der Waals surface area contributed by atoms with Gasteiger partial charge in [0.25, 0.3) is 5.56 Å². The van der Waals surface area contributed by atoms with Crippen molar-refractivity contribution in [3.8, 4) is 0 Å². The van der Waals surface area contributed by atoms with Gasteiger partial charge in [0.2, 0.25) is 5.95 Å². The normalized spacial score (nSPS) is 28.3. The molecule has 2 aromatic heterocycles. The van der Waals surface area contributed by atoms with Crippen LogP contribution in [0.5, 0.6) is 0 Å². The molecule has 1 saturated carbocycles. The summed E-state index contributed by atoms with van der Waals surface area (Å²) < 4.78 is 35.7. The molecule has 1 aliphatic heterocycles. The highest BCUT2D eigenvalue weighted by molar-refractivity contribution is 7.54. The van der Waals surface area contributed by atoms with E-state index in [-0.39, 0.29) is 30.3 Å². The Kier molecular flexibility index (Phi) is 7.64. The number of aromatic nitrogens is 4. The van der Waals surface area contributed by atoms with E-state index in [0.717, 1.165) is 0 Å². The Balaban J connectivity index is 1.46. The number of nitrogens with one attached hydrogen (secondary N) is 3. The molecule has 5 atom stereocenters. The Morgan fingerprint density at radius 3 is 2.39 bits per heavy atom. The summed E-state index contributed by atoms with van der Waals surface area (Å²) in [5, 5.41) is 27.1. The summed E-state index contributed by atoms with van der Waals surface area (Å²) in [5.41, 5.74) is 1.97. The van der Waals surface area contributed by atoms with Gasteiger partial charge in [0, 0.05) is 0 Å². The first-order chi connectivity index (χ1) is 17.9. The van der Waals surface area contributed by atoms with Crippen molar-refractivity contribution in [1.29, 1.82) is 0 Å². The number of imidazole rings is 1. The van der Waals surface area contributed by atoms with Gasteiger partial charge in [-0.05, 0) is 20.8 Å². The Labute approximate surface area is 215 Å². The molecule has 4 rings (SSSR count). The lowest BCUT2D eigenvalue weighted by Crippen LogP contribution is -2.41. The maximum absolute atomic E-state index is 13.3. The smallest absolute Gasteiger partial charge is 0.341 e. The summed E-state index contributed by atoms with van der Waals surface area (Å²) in [6.07, 6.45) is -1.40. The first kappa shape index (κ1) is 28.1. The number of hydrogen-bond acceptors (Lipinski definition) is 13. The van der Waals surface area contributed by atoms with Crippen molar-refractivity contribution in [3.05, 3.63) is 16.7 Å². The predicted molar refractivity (Wildman–Crippen MR) is 129 cm³/mol. The van der Waals surface area contributed by atoms with E-state index in [2.05, 4.69) is 25.1 Å². The van der Waals surface area contributed by atoms with Crippen LogP contribution in [-0.2, 0) is 32.9 Å². The predicted octanol–water partition coefficient (Wildman–Crippen LogP) is -2.06. The van der Waals surface area contributed by atoms with E-state index in [4.69, 9.17) is 24.5 Å². The fourth-order valence-electron chi connectivity index (χ4n) is 4.68. The highest BCUT2D eigenvalue weighted by Crippen LogP contribution is 2.67. The molecule has 0 aromatic carbocycles. The molecule has 5 unspecified atom stereocenters. The van der Waals surface area contributed by atoms with Gasteiger partial charge in [-0.3, -0.25) is 23.9 Å². The van der Waals surface area contributed by atoms with Gasteiger partial charge < -0.3 is 39.2 Å². The third-order valence-electron chi connectivity index (χ3n) is 6.47. The van der Waals surface area contributed by atoms with E-state index in [1.54, 1.807) is 20.8 Å². The van der Waals surface area contributed by atoms with Crippen LogP contribution in [-0.4, -0.2) is 98.0 Å². The summed E-state index contributed by atoms with van der Waals surface area (Å²) in [6.45, 7) is 3.46. The van der Waals surface area contributed by atoms with Crippen LogP contribution in [0.25, 0.3) is 11.2 Å². The van der Waals surface area contributed by atoms with Crippen molar-refractivity contribution in [2.75, 3.05) is 38.6 Å². The van der Waals surface area contributed by atoms with Crippen molar-refractivity contribution < 1.29 is 43.1 Å². The molecule has 0 bridgehead atoms. The lowest BCUT2D eigenvalue weighted by Gasteiger charge is -2.26. The molecular weight excluding hydrogens is 529 g/mol. The fraction of sp³-hybridized carbons (Fsp3) is 0.650. The van der Waals surface area contributed by atoms with Crippen LogP contribution >= 0.6 is 7.67 Å². The van der Waals surface area contributed by atoms with Crippen LogP contribution in [0.3, 0.4) is 0 Å². The lowest BCUT2D eigenvalue weighted by molar-refractivity contribution is -0.142. The van der Waals surface area contributed by atoms with Crippen LogP contribution in [0, 0.1) is 0 Å². The first-order valence-corrected chi connectivity index (χ1v) is 13.4. The molecule has 2 aliphatic rings. The molecule has 3 heterocycles. The second-order valence-corrected chi connectivity index (χ2v) is 10.8. The maximum Gasteiger partial charge on any atom is 0.341 e. The minimum atomic E-state index is -4.06. The molecule has 0 radical (unpaired) electrons. The number of carbonyl (C=O) groups excluding carboxylic acids is 2.